The molecule has 0 radical (unpaired) electrons. The van der Waals surface area contributed by atoms with Gasteiger partial charge in [-0.05, 0) is 24.3 Å². The summed E-state index contributed by atoms with van der Waals surface area (Å²) < 4.78 is 0. The van der Waals surface area contributed by atoms with Crippen LogP contribution in [0.25, 0.3) is 0 Å². The molecular formula is C14H18Br2N4. The molecule has 0 N–H and O–H groups in total. The van der Waals surface area contributed by atoms with E-state index in [1.807, 2.05) is 36.9 Å². The van der Waals surface area contributed by atoms with Crippen LogP contribution >= 0.6 is 34.0 Å². The Morgan fingerprint density at radius 1 is 0.700 bits per heavy atom. The molecule has 0 unspecified atom stereocenters. The SMILES string of the molecule is Br.Br.c1cncc(N2CCN(c3cccnc3)CC2)c1. The fourth-order valence-corrected chi connectivity index (χ4v) is 2.30. The van der Waals surface area contributed by atoms with E-state index in [0.29, 0.717) is 0 Å². The van der Waals surface area contributed by atoms with Gasteiger partial charge in [0.25, 0.3) is 0 Å². The van der Waals surface area contributed by atoms with Gasteiger partial charge in [0.05, 0.1) is 23.8 Å². The third kappa shape index (κ3) is 3.93. The Kier molecular flexibility index (Phi) is 6.95. The quantitative estimate of drug-likeness (QED) is 0.774. The van der Waals surface area contributed by atoms with Crippen molar-refractivity contribution in [2.24, 2.45) is 0 Å². The lowest BCUT2D eigenvalue weighted by molar-refractivity contribution is 0.652. The van der Waals surface area contributed by atoms with Crippen LogP contribution in [0, 0.1) is 0 Å². The number of aromatic nitrogens is 2. The molecule has 0 atom stereocenters. The minimum Gasteiger partial charge on any atom is -0.367 e. The Hall–Kier alpha value is -1.14. The zero-order chi connectivity index (χ0) is 12.2. The van der Waals surface area contributed by atoms with E-state index >= 15 is 0 Å². The maximum atomic E-state index is 4.17. The summed E-state index contributed by atoms with van der Waals surface area (Å²) in [7, 11) is 0. The molecule has 1 fully saturated rings. The maximum absolute atomic E-state index is 4.17. The van der Waals surface area contributed by atoms with Crippen molar-refractivity contribution in [2.75, 3.05) is 36.0 Å². The standard InChI is InChI=1S/C14H16N4.2BrH/c1-3-13(11-15-5-1)17-7-9-18(10-8-17)14-4-2-6-16-12-14;;/h1-6,11-12H,7-10H2;2*1H. The fourth-order valence-electron chi connectivity index (χ4n) is 2.30. The smallest absolute Gasteiger partial charge is 0.0553 e. The van der Waals surface area contributed by atoms with E-state index in [4.69, 9.17) is 0 Å². The van der Waals surface area contributed by atoms with Crippen molar-refractivity contribution < 1.29 is 0 Å². The van der Waals surface area contributed by atoms with Gasteiger partial charge in [-0.1, -0.05) is 0 Å². The summed E-state index contributed by atoms with van der Waals surface area (Å²) >= 11 is 0. The molecule has 6 heteroatoms. The minimum atomic E-state index is 0. The van der Waals surface area contributed by atoms with Crippen LogP contribution in [-0.4, -0.2) is 36.1 Å². The molecular weight excluding hydrogens is 384 g/mol. The molecule has 20 heavy (non-hydrogen) atoms. The Morgan fingerprint density at radius 2 is 1.10 bits per heavy atom. The second-order valence-corrected chi connectivity index (χ2v) is 4.40. The molecule has 0 bridgehead atoms. The highest BCUT2D eigenvalue weighted by Gasteiger charge is 2.17. The molecule has 0 amide bonds. The van der Waals surface area contributed by atoms with Crippen LogP contribution in [0.2, 0.25) is 0 Å². The van der Waals surface area contributed by atoms with Gasteiger partial charge >= 0.3 is 0 Å². The Labute approximate surface area is 140 Å². The largest absolute Gasteiger partial charge is 0.367 e. The van der Waals surface area contributed by atoms with E-state index in [9.17, 15) is 0 Å². The van der Waals surface area contributed by atoms with E-state index in [2.05, 4.69) is 31.9 Å². The van der Waals surface area contributed by atoms with Crippen LogP contribution in [0.15, 0.2) is 49.1 Å². The number of pyridine rings is 2. The molecule has 0 aliphatic carbocycles. The Bertz CT molecular complexity index is 440. The predicted octanol–water partition coefficient (Wildman–Crippen LogP) is 2.96. The van der Waals surface area contributed by atoms with E-state index in [0.717, 1.165) is 26.2 Å². The third-order valence-corrected chi connectivity index (χ3v) is 3.30. The lowest BCUT2D eigenvalue weighted by Gasteiger charge is -2.37. The summed E-state index contributed by atoms with van der Waals surface area (Å²) in [6, 6.07) is 8.21. The molecule has 1 saturated heterocycles. The summed E-state index contributed by atoms with van der Waals surface area (Å²) in [6.45, 7) is 4.11. The second-order valence-electron chi connectivity index (χ2n) is 4.40. The Morgan fingerprint density at radius 3 is 1.40 bits per heavy atom. The lowest BCUT2D eigenvalue weighted by Crippen LogP contribution is -2.46. The van der Waals surface area contributed by atoms with Crippen LogP contribution in [-0.2, 0) is 0 Å². The van der Waals surface area contributed by atoms with Crippen molar-refractivity contribution in [3.05, 3.63) is 49.1 Å². The molecule has 0 saturated carbocycles. The van der Waals surface area contributed by atoms with Gasteiger partial charge in [-0.15, -0.1) is 34.0 Å². The first-order valence-electron chi connectivity index (χ1n) is 6.23. The monoisotopic (exact) mass is 400 g/mol. The van der Waals surface area contributed by atoms with Crippen molar-refractivity contribution in [2.45, 2.75) is 0 Å². The first kappa shape index (κ1) is 16.9. The van der Waals surface area contributed by atoms with Gasteiger partial charge < -0.3 is 9.80 Å². The summed E-state index contributed by atoms with van der Waals surface area (Å²) in [4.78, 5) is 13.1. The third-order valence-electron chi connectivity index (χ3n) is 3.30. The minimum absolute atomic E-state index is 0. The zero-order valence-corrected chi connectivity index (χ0v) is 14.5. The van der Waals surface area contributed by atoms with E-state index in [-0.39, 0.29) is 34.0 Å². The average molecular weight is 402 g/mol. The molecule has 2 aromatic rings. The summed E-state index contributed by atoms with van der Waals surface area (Å²) in [5.41, 5.74) is 2.42. The molecule has 2 aromatic heterocycles. The summed E-state index contributed by atoms with van der Waals surface area (Å²) in [6.07, 6.45) is 7.49. The number of nitrogens with zero attached hydrogens (tertiary/aromatic N) is 4. The molecule has 3 heterocycles. The Balaban J connectivity index is 0.000001000. The molecule has 108 valence electrons. The average Bonchev–Trinajstić information content (AvgIpc) is 2.49. The lowest BCUT2D eigenvalue weighted by atomic mass is 10.2. The van der Waals surface area contributed by atoms with Crippen molar-refractivity contribution in [1.29, 1.82) is 0 Å². The van der Waals surface area contributed by atoms with Gasteiger partial charge in [0.2, 0.25) is 0 Å². The molecule has 1 aliphatic rings. The highest BCUT2D eigenvalue weighted by molar-refractivity contribution is 8.93. The number of piperazine rings is 1. The van der Waals surface area contributed by atoms with Gasteiger partial charge in [0.1, 0.15) is 0 Å². The van der Waals surface area contributed by atoms with Crippen LogP contribution in [0.1, 0.15) is 0 Å². The van der Waals surface area contributed by atoms with Crippen molar-refractivity contribution in [3.8, 4) is 0 Å². The van der Waals surface area contributed by atoms with Crippen molar-refractivity contribution in [1.82, 2.24) is 9.97 Å². The molecule has 1 aliphatic heterocycles. The topological polar surface area (TPSA) is 32.3 Å². The summed E-state index contributed by atoms with van der Waals surface area (Å²) in [5.74, 6) is 0. The van der Waals surface area contributed by atoms with Crippen LogP contribution in [0.3, 0.4) is 0 Å². The number of rotatable bonds is 2. The van der Waals surface area contributed by atoms with Gasteiger partial charge in [0.15, 0.2) is 0 Å². The highest BCUT2D eigenvalue weighted by atomic mass is 79.9. The number of hydrogen-bond acceptors (Lipinski definition) is 4. The predicted molar refractivity (Wildman–Crippen MR) is 93.5 cm³/mol. The van der Waals surface area contributed by atoms with Crippen molar-refractivity contribution in [3.63, 3.8) is 0 Å². The number of anilines is 2. The number of hydrogen-bond donors (Lipinski definition) is 0. The normalized spacial score (nSPS) is 14.2. The van der Waals surface area contributed by atoms with Gasteiger partial charge in [-0.3, -0.25) is 9.97 Å². The molecule has 4 nitrogen and oxygen atoms in total. The summed E-state index contributed by atoms with van der Waals surface area (Å²) in [5, 5.41) is 0. The zero-order valence-electron chi connectivity index (χ0n) is 11.1. The van der Waals surface area contributed by atoms with Crippen LogP contribution in [0.4, 0.5) is 11.4 Å². The van der Waals surface area contributed by atoms with E-state index in [1.165, 1.54) is 11.4 Å². The first-order valence-corrected chi connectivity index (χ1v) is 6.23. The van der Waals surface area contributed by atoms with Gasteiger partial charge in [0, 0.05) is 38.6 Å². The molecule has 0 aromatic carbocycles. The highest BCUT2D eigenvalue weighted by Crippen LogP contribution is 2.18. The van der Waals surface area contributed by atoms with Crippen LogP contribution < -0.4 is 9.80 Å². The first-order chi connectivity index (χ1) is 8.93. The van der Waals surface area contributed by atoms with Crippen molar-refractivity contribution >= 4 is 45.3 Å². The molecule has 0 spiro atoms. The molecule has 3 rings (SSSR count). The van der Waals surface area contributed by atoms with E-state index in [1.54, 1.807) is 0 Å². The maximum Gasteiger partial charge on any atom is 0.0553 e. The van der Waals surface area contributed by atoms with Crippen LogP contribution in [0.5, 0.6) is 0 Å². The van der Waals surface area contributed by atoms with E-state index < -0.39 is 0 Å². The number of halogens is 2. The van der Waals surface area contributed by atoms with Gasteiger partial charge in [-0.2, -0.15) is 0 Å². The van der Waals surface area contributed by atoms with Gasteiger partial charge in [-0.25, -0.2) is 0 Å². The fraction of sp³-hybridized carbons (Fsp3) is 0.286. The second kappa shape index (κ2) is 8.21.